The molecule has 1 heterocycles. The molecule has 0 radical (unpaired) electrons. The fourth-order valence-corrected chi connectivity index (χ4v) is 2.51. The number of hydrogen-bond donors (Lipinski definition) is 1. The van der Waals surface area contributed by atoms with Crippen molar-refractivity contribution < 1.29 is 0 Å². The van der Waals surface area contributed by atoms with E-state index in [0.717, 1.165) is 12.1 Å². The highest BCUT2D eigenvalue weighted by atomic mass is 35.5. The molecule has 0 spiro atoms. The summed E-state index contributed by atoms with van der Waals surface area (Å²) in [4.78, 5) is 0. The molecule has 1 unspecified atom stereocenters. The van der Waals surface area contributed by atoms with E-state index in [-0.39, 0.29) is 6.04 Å². The zero-order valence-electron chi connectivity index (χ0n) is 10.3. The van der Waals surface area contributed by atoms with E-state index in [4.69, 9.17) is 17.3 Å². The number of rotatable bonds is 2. The lowest BCUT2D eigenvalue weighted by molar-refractivity contribution is 0.708. The lowest BCUT2D eigenvalue weighted by Crippen LogP contribution is -2.18. The number of anilines is 1. The minimum absolute atomic E-state index is 0.139. The van der Waals surface area contributed by atoms with Gasteiger partial charge in [0.15, 0.2) is 0 Å². The van der Waals surface area contributed by atoms with Crippen LogP contribution in [0.5, 0.6) is 0 Å². The van der Waals surface area contributed by atoms with Crippen LogP contribution in [0.3, 0.4) is 0 Å². The van der Waals surface area contributed by atoms with Crippen molar-refractivity contribution in [3.8, 4) is 0 Å². The summed E-state index contributed by atoms with van der Waals surface area (Å²) in [6, 6.07) is 18.1. The Balaban J connectivity index is 1.98. The maximum absolute atomic E-state index is 6.05. The first-order valence-electron chi connectivity index (χ1n) is 6.17. The van der Waals surface area contributed by atoms with Crippen LogP contribution < -0.4 is 10.7 Å². The van der Waals surface area contributed by atoms with Crippen molar-refractivity contribution in [1.82, 2.24) is 0 Å². The Kier molecular flexibility index (Phi) is 3.13. The Bertz CT molecular complexity index is 610. The number of hydrogen-bond acceptors (Lipinski definition) is 3. The van der Waals surface area contributed by atoms with E-state index in [0.29, 0.717) is 10.9 Å². The fourth-order valence-electron chi connectivity index (χ4n) is 2.32. The lowest BCUT2D eigenvalue weighted by Gasteiger charge is -2.23. The number of nitrogens with two attached hydrogens (primary N) is 1. The zero-order chi connectivity index (χ0) is 13.2. The van der Waals surface area contributed by atoms with Crippen LogP contribution in [-0.4, -0.2) is 5.84 Å². The molecule has 3 rings (SSSR count). The summed E-state index contributed by atoms with van der Waals surface area (Å²) in [6.45, 7) is 0. The zero-order valence-corrected chi connectivity index (χ0v) is 11.1. The van der Waals surface area contributed by atoms with Gasteiger partial charge in [-0.15, -0.1) is 0 Å². The van der Waals surface area contributed by atoms with Crippen molar-refractivity contribution in [3.63, 3.8) is 0 Å². The second kappa shape index (κ2) is 4.94. The normalized spacial score (nSPS) is 18.5. The Morgan fingerprint density at radius 2 is 1.89 bits per heavy atom. The standard InChI is InChI=1S/C15H14ClN3/c16-12-7-4-8-13(9-12)19-14(10-15(17)18-19)11-5-2-1-3-6-11/h1-9,14H,10H2,(H2,17,18). The molecule has 0 saturated carbocycles. The molecule has 96 valence electrons. The van der Waals surface area contributed by atoms with E-state index in [1.165, 1.54) is 5.56 Å². The molecular formula is C15H14ClN3. The van der Waals surface area contributed by atoms with Crippen molar-refractivity contribution >= 4 is 23.1 Å². The van der Waals surface area contributed by atoms with Crippen LogP contribution in [-0.2, 0) is 0 Å². The molecule has 1 atom stereocenters. The third kappa shape index (κ3) is 2.42. The fraction of sp³-hybridized carbons (Fsp3) is 0.133. The van der Waals surface area contributed by atoms with Gasteiger partial charge in [-0.05, 0) is 23.8 Å². The summed E-state index contributed by atoms with van der Waals surface area (Å²) in [7, 11) is 0. The van der Waals surface area contributed by atoms with Crippen molar-refractivity contribution in [2.24, 2.45) is 10.8 Å². The summed E-state index contributed by atoms with van der Waals surface area (Å²) >= 11 is 6.05. The topological polar surface area (TPSA) is 41.6 Å². The van der Waals surface area contributed by atoms with Crippen LogP contribution in [0.1, 0.15) is 18.0 Å². The third-order valence-corrected chi connectivity index (χ3v) is 3.43. The molecule has 0 fully saturated rings. The van der Waals surface area contributed by atoms with Gasteiger partial charge in [0.1, 0.15) is 5.84 Å². The minimum Gasteiger partial charge on any atom is -0.386 e. The number of hydrazone groups is 1. The lowest BCUT2D eigenvalue weighted by atomic mass is 10.0. The summed E-state index contributed by atoms with van der Waals surface area (Å²) < 4.78 is 0. The van der Waals surface area contributed by atoms with E-state index < -0.39 is 0 Å². The molecule has 2 aromatic rings. The van der Waals surface area contributed by atoms with E-state index in [9.17, 15) is 0 Å². The van der Waals surface area contributed by atoms with Gasteiger partial charge < -0.3 is 5.73 Å². The molecule has 19 heavy (non-hydrogen) atoms. The molecule has 3 nitrogen and oxygen atoms in total. The summed E-state index contributed by atoms with van der Waals surface area (Å²) in [5.41, 5.74) is 8.06. The molecule has 0 bridgehead atoms. The summed E-state index contributed by atoms with van der Waals surface area (Å²) in [6.07, 6.45) is 0.733. The molecule has 0 aliphatic carbocycles. The van der Waals surface area contributed by atoms with Crippen LogP contribution >= 0.6 is 11.6 Å². The van der Waals surface area contributed by atoms with Crippen LogP contribution in [0, 0.1) is 0 Å². The van der Waals surface area contributed by atoms with Crippen LogP contribution in [0.15, 0.2) is 59.7 Å². The largest absolute Gasteiger partial charge is 0.386 e. The summed E-state index contributed by atoms with van der Waals surface area (Å²) in [5.74, 6) is 0.647. The van der Waals surface area contributed by atoms with Crippen molar-refractivity contribution in [1.29, 1.82) is 0 Å². The molecule has 0 amide bonds. The average Bonchev–Trinajstić information content (AvgIpc) is 2.82. The van der Waals surface area contributed by atoms with Gasteiger partial charge in [0.05, 0.1) is 11.7 Å². The van der Waals surface area contributed by atoms with Gasteiger partial charge in [-0.1, -0.05) is 48.0 Å². The molecular weight excluding hydrogens is 258 g/mol. The molecule has 1 aliphatic heterocycles. The number of amidine groups is 1. The Morgan fingerprint density at radius 1 is 1.11 bits per heavy atom. The van der Waals surface area contributed by atoms with Crippen molar-refractivity contribution in [2.75, 3.05) is 5.01 Å². The van der Waals surface area contributed by atoms with E-state index in [1.54, 1.807) is 0 Å². The molecule has 0 aromatic heterocycles. The predicted octanol–water partition coefficient (Wildman–Crippen LogP) is 3.56. The first-order valence-corrected chi connectivity index (χ1v) is 6.54. The molecule has 4 heteroatoms. The molecule has 0 saturated heterocycles. The van der Waals surface area contributed by atoms with Gasteiger partial charge in [-0.2, -0.15) is 5.10 Å². The van der Waals surface area contributed by atoms with Crippen molar-refractivity contribution in [3.05, 3.63) is 65.2 Å². The first-order chi connectivity index (χ1) is 9.24. The molecule has 2 aromatic carbocycles. The Labute approximate surface area is 117 Å². The quantitative estimate of drug-likeness (QED) is 0.907. The van der Waals surface area contributed by atoms with Gasteiger partial charge in [0.2, 0.25) is 0 Å². The van der Waals surface area contributed by atoms with Crippen LogP contribution in [0.2, 0.25) is 5.02 Å². The van der Waals surface area contributed by atoms with Gasteiger partial charge in [-0.3, -0.25) is 5.01 Å². The summed E-state index contributed by atoms with van der Waals surface area (Å²) in [5, 5.41) is 7.07. The number of nitrogens with zero attached hydrogens (tertiary/aromatic N) is 2. The van der Waals surface area contributed by atoms with Gasteiger partial charge >= 0.3 is 0 Å². The maximum atomic E-state index is 6.05. The highest BCUT2D eigenvalue weighted by Crippen LogP contribution is 2.34. The molecule has 2 N–H and O–H groups in total. The highest BCUT2D eigenvalue weighted by Gasteiger charge is 2.27. The minimum atomic E-state index is 0.139. The monoisotopic (exact) mass is 271 g/mol. The Morgan fingerprint density at radius 3 is 2.63 bits per heavy atom. The SMILES string of the molecule is NC1=NN(c2cccc(Cl)c2)C(c2ccccc2)C1. The van der Waals surface area contributed by atoms with E-state index in [2.05, 4.69) is 17.2 Å². The molecule has 1 aliphatic rings. The van der Waals surface area contributed by atoms with Crippen LogP contribution in [0.4, 0.5) is 5.69 Å². The average molecular weight is 272 g/mol. The second-order valence-electron chi connectivity index (χ2n) is 4.55. The number of halogens is 1. The number of benzene rings is 2. The smallest absolute Gasteiger partial charge is 0.122 e. The predicted molar refractivity (Wildman–Crippen MR) is 79.4 cm³/mol. The highest BCUT2D eigenvalue weighted by molar-refractivity contribution is 6.30. The van der Waals surface area contributed by atoms with E-state index in [1.807, 2.05) is 47.5 Å². The Hall–Kier alpha value is -2.00. The van der Waals surface area contributed by atoms with Gasteiger partial charge in [0.25, 0.3) is 0 Å². The van der Waals surface area contributed by atoms with Gasteiger partial charge in [-0.25, -0.2) is 0 Å². The maximum Gasteiger partial charge on any atom is 0.122 e. The van der Waals surface area contributed by atoms with Crippen molar-refractivity contribution in [2.45, 2.75) is 12.5 Å². The van der Waals surface area contributed by atoms with Crippen LogP contribution in [0.25, 0.3) is 0 Å². The van der Waals surface area contributed by atoms with Gasteiger partial charge in [0, 0.05) is 11.4 Å². The second-order valence-corrected chi connectivity index (χ2v) is 4.98. The third-order valence-electron chi connectivity index (χ3n) is 3.19. The first kappa shape index (κ1) is 12.1. The van der Waals surface area contributed by atoms with E-state index >= 15 is 0 Å².